The lowest BCUT2D eigenvalue weighted by Crippen LogP contribution is -2.25. The summed E-state index contributed by atoms with van der Waals surface area (Å²) in [6.45, 7) is 1.69. The summed E-state index contributed by atoms with van der Waals surface area (Å²) in [6.07, 6.45) is 0. The Labute approximate surface area is 174 Å². The van der Waals surface area contributed by atoms with Gasteiger partial charge in [0.2, 0.25) is 0 Å². The van der Waals surface area contributed by atoms with Crippen molar-refractivity contribution in [3.8, 4) is 23.3 Å². The SMILES string of the molecule is CCOc1cc(C#N)cc(Br)c1OS(=O)(=O)c1cc2c(cc1Cl)NC(=O)CO2. The van der Waals surface area contributed by atoms with Crippen molar-refractivity contribution in [3.63, 3.8) is 0 Å². The number of benzene rings is 2. The molecule has 1 N–H and O–H groups in total. The number of anilines is 1. The van der Waals surface area contributed by atoms with E-state index in [0.29, 0.717) is 0 Å². The van der Waals surface area contributed by atoms with Gasteiger partial charge < -0.3 is 19.0 Å². The van der Waals surface area contributed by atoms with Crippen LogP contribution in [0, 0.1) is 11.3 Å². The van der Waals surface area contributed by atoms with Gasteiger partial charge in [0.15, 0.2) is 18.1 Å². The fraction of sp³-hybridized carbons (Fsp3) is 0.176. The molecule has 0 radical (unpaired) electrons. The molecular weight excluding hydrogens is 476 g/mol. The lowest BCUT2D eigenvalue weighted by Gasteiger charge is -2.20. The number of fused-ring (bicyclic) bond motifs is 1. The van der Waals surface area contributed by atoms with Gasteiger partial charge in [-0.1, -0.05) is 11.6 Å². The van der Waals surface area contributed by atoms with Crippen molar-refractivity contribution in [2.45, 2.75) is 11.8 Å². The minimum absolute atomic E-state index is 0.0783. The van der Waals surface area contributed by atoms with Crippen LogP contribution < -0.4 is 19.0 Å². The third-order valence-electron chi connectivity index (χ3n) is 3.57. The van der Waals surface area contributed by atoms with Crippen molar-refractivity contribution < 1.29 is 26.9 Å². The standard InChI is InChI=1S/C17H12BrClN2O6S/c1-2-25-14-4-9(7-20)3-10(18)17(14)27-28(23,24)15-6-13-12(5-11(15)19)21-16(22)8-26-13/h3-6H,2,8H2,1H3,(H,21,22). The van der Waals surface area contributed by atoms with Crippen LogP contribution in [-0.2, 0) is 14.9 Å². The van der Waals surface area contributed by atoms with Gasteiger partial charge in [-0.3, -0.25) is 4.79 Å². The molecule has 11 heteroatoms. The molecular formula is C17H12BrClN2O6S. The van der Waals surface area contributed by atoms with Gasteiger partial charge in [-0.25, -0.2) is 0 Å². The normalized spacial score (nSPS) is 13.0. The number of ether oxygens (including phenoxy) is 2. The number of nitrogens with zero attached hydrogens (tertiary/aromatic N) is 1. The maximum Gasteiger partial charge on any atom is 0.341 e. The summed E-state index contributed by atoms with van der Waals surface area (Å²) >= 11 is 9.29. The molecule has 0 saturated heterocycles. The molecule has 0 atom stereocenters. The summed E-state index contributed by atoms with van der Waals surface area (Å²) in [4.78, 5) is 11.0. The largest absolute Gasteiger partial charge is 0.490 e. The Morgan fingerprint density at radius 1 is 1.36 bits per heavy atom. The fourth-order valence-electron chi connectivity index (χ4n) is 2.40. The smallest absolute Gasteiger partial charge is 0.341 e. The first-order valence-electron chi connectivity index (χ1n) is 7.82. The highest BCUT2D eigenvalue weighted by atomic mass is 79.9. The van der Waals surface area contributed by atoms with Crippen LogP contribution in [0.15, 0.2) is 33.6 Å². The number of halogens is 2. The van der Waals surface area contributed by atoms with Crippen molar-refractivity contribution >= 4 is 49.2 Å². The van der Waals surface area contributed by atoms with E-state index in [9.17, 15) is 13.2 Å². The van der Waals surface area contributed by atoms with Gasteiger partial charge in [0.25, 0.3) is 5.91 Å². The van der Waals surface area contributed by atoms with Gasteiger partial charge in [-0.2, -0.15) is 13.7 Å². The van der Waals surface area contributed by atoms with Crippen molar-refractivity contribution in [2.75, 3.05) is 18.5 Å². The highest BCUT2D eigenvalue weighted by molar-refractivity contribution is 9.10. The van der Waals surface area contributed by atoms with E-state index in [1.807, 2.05) is 6.07 Å². The second kappa shape index (κ2) is 7.87. The lowest BCUT2D eigenvalue weighted by molar-refractivity contribution is -0.118. The summed E-state index contributed by atoms with van der Waals surface area (Å²) in [5.74, 6) is -0.271. The summed E-state index contributed by atoms with van der Waals surface area (Å²) in [7, 11) is -4.39. The average molecular weight is 488 g/mol. The maximum absolute atomic E-state index is 12.8. The number of amides is 1. The fourth-order valence-corrected chi connectivity index (χ4v) is 4.51. The first-order chi connectivity index (χ1) is 13.2. The topological polar surface area (TPSA) is 115 Å². The zero-order chi connectivity index (χ0) is 20.5. The molecule has 8 nitrogen and oxygen atoms in total. The zero-order valence-corrected chi connectivity index (χ0v) is 17.4. The van der Waals surface area contributed by atoms with E-state index in [-0.39, 0.29) is 62.0 Å². The van der Waals surface area contributed by atoms with Crippen LogP contribution in [0.4, 0.5) is 5.69 Å². The third kappa shape index (κ3) is 4.01. The molecule has 0 unspecified atom stereocenters. The van der Waals surface area contributed by atoms with Crippen LogP contribution in [-0.4, -0.2) is 27.5 Å². The van der Waals surface area contributed by atoms with Gasteiger partial charge in [0, 0.05) is 12.1 Å². The molecule has 0 spiro atoms. The number of hydrogen-bond acceptors (Lipinski definition) is 7. The second-order valence-electron chi connectivity index (χ2n) is 5.48. The van der Waals surface area contributed by atoms with Gasteiger partial charge in [0.1, 0.15) is 10.6 Å². The summed E-state index contributed by atoms with van der Waals surface area (Å²) in [5, 5.41) is 11.5. The predicted octanol–water partition coefficient (Wildman–Crippen LogP) is 3.47. The van der Waals surface area contributed by atoms with E-state index in [2.05, 4.69) is 21.2 Å². The summed E-state index contributed by atoms with van der Waals surface area (Å²) in [5.41, 5.74) is 0.519. The first kappa shape index (κ1) is 20.3. The van der Waals surface area contributed by atoms with E-state index in [1.165, 1.54) is 24.3 Å². The number of carbonyl (C=O) groups is 1. The summed E-state index contributed by atoms with van der Waals surface area (Å²) < 4.78 is 41.8. The van der Waals surface area contributed by atoms with Crippen LogP contribution >= 0.6 is 27.5 Å². The minimum atomic E-state index is -4.39. The molecule has 146 valence electrons. The molecule has 0 saturated carbocycles. The quantitative estimate of drug-likeness (QED) is 0.642. The molecule has 3 rings (SSSR count). The molecule has 0 aliphatic carbocycles. The van der Waals surface area contributed by atoms with Gasteiger partial charge >= 0.3 is 10.1 Å². The van der Waals surface area contributed by atoms with Crippen LogP contribution in [0.25, 0.3) is 0 Å². The number of nitriles is 1. The van der Waals surface area contributed by atoms with Crippen LogP contribution in [0.5, 0.6) is 17.2 Å². The van der Waals surface area contributed by atoms with Crippen LogP contribution in [0.3, 0.4) is 0 Å². The van der Waals surface area contributed by atoms with E-state index in [4.69, 9.17) is 30.5 Å². The van der Waals surface area contributed by atoms with Gasteiger partial charge in [-0.05, 0) is 35.0 Å². The molecule has 1 aliphatic heterocycles. The Balaban J connectivity index is 2.04. The highest BCUT2D eigenvalue weighted by Gasteiger charge is 2.28. The molecule has 28 heavy (non-hydrogen) atoms. The zero-order valence-electron chi connectivity index (χ0n) is 14.3. The van der Waals surface area contributed by atoms with E-state index in [0.717, 1.165) is 0 Å². The monoisotopic (exact) mass is 486 g/mol. The molecule has 1 amide bonds. The Bertz CT molecular complexity index is 1110. The van der Waals surface area contributed by atoms with Crippen molar-refractivity contribution in [3.05, 3.63) is 39.3 Å². The second-order valence-corrected chi connectivity index (χ2v) is 8.26. The van der Waals surface area contributed by atoms with Crippen molar-refractivity contribution in [1.82, 2.24) is 0 Å². The van der Waals surface area contributed by atoms with Crippen molar-refractivity contribution in [2.24, 2.45) is 0 Å². The van der Waals surface area contributed by atoms with Crippen LogP contribution in [0.2, 0.25) is 5.02 Å². The highest BCUT2D eigenvalue weighted by Crippen LogP contribution is 2.41. The summed E-state index contributed by atoms with van der Waals surface area (Å²) in [6, 6.07) is 7.15. The predicted molar refractivity (Wildman–Crippen MR) is 103 cm³/mol. The molecule has 0 bridgehead atoms. The molecule has 0 aromatic heterocycles. The molecule has 2 aromatic rings. The Morgan fingerprint density at radius 2 is 2.11 bits per heavy atom. The lowest BCUT2D eigenvalue weighted by atomic mass is 10.2. The number of carbonyl (C=O) groups excluding carboxylic acids is 1. The number of hydrogen-bond donors (Lipinski definition) is 1. The first-order valence-corrected chi connectivity index (χ1v) is 10.4. The van der Waals surface area contributed by atoms with E-state index >= 15 is 0 Å². The van der Waals surface area contributed by atoms with Gasteiger partial charge in [0.05, 0.1) is 33.4 Å². The molecule has 2 aromatic carbocycles. The van der Waals surface area contributed by atoms with Crippen LogP contribution in [0.1, 0.15) is 12.5 Å². The Hall–Kier alpha value is -2.48. The van der Waals surface area contributed by atoms with Crippen molar-refractivity contribution in [1.29, 1.82) is 5.26 Å². The van der Waals surface area contributed by atoms with E-state index in [1.54, 1.807) is 6.92 Å². The molecule has 0 fully saturated rings. The van der Waals surface area contributed by atoms with E-state index < -0.39 is 10.1 Å². The third-order valence-corrected chi connectivity index (χ3v) is 5.84. The Kier molecular flexibility index (Phi) is 5.69. The maximum atomic E-state index is 12.8. The number of nitrogens with one attached hydrogen (secondary N) is 1. The minimum Gasteiger partial charge on any atom is -0.490 e. The van der Waals surface area contributed by atoms with Gasteiger partial charge in [-0.15, -0.1) is 0 Å². The Morgan fingerprint density at radius 3 is 2.79 bits per heavy atom. The molecule has 1 aliphatic rings. The number of rotatable bonds is 5. The average Bonchev–Trinajstić information content (AvgIpc) is 2.63. The molecule has 1 heterocycles.